The highest BCUT2D eigenvalue weighted by Gasteiger charge is 2.15. The van der Waals surface area contributed by atoms with Gasteiger partial charge in [0.1, 0.15) is 28.1 Å². The Balaban J connectivity index is 2.53. The standard InChI is InChI=1S/C14H8O6/c15-7-1-2-8-10(5-7)20-11-4-6(14(18)19)3-9(16)12(11)13(8)17/h1-5,15-16H,(H,18,19). The van der Waals surface area contributed by atoms with Crippen molar-refractivity contribution >= 4 is 27.9 Å². The molecular formula is C14H8O6. The number of aromatic hydroxyl groups is 2. The zero-order valence-electron chi connectivity index (χ0n) is 9.95. The van der Waals surface area contributed by atoms with E-state index in [9.17, 15) is 19.8 Å². The summed E-state index contributed by atoms with van der Waals surface area (Å²) in [5.74, 6) is -1.79. The minimum Gasteiger partial charge on any atom is -0.508 e. The molecule has 3 aromatic rings. The number of rotatable bonds is 1. The number of carboxylic acid groups (broad SMARTS) is 1. The van der Waals surface area contributed by atoms with E-state index in [0.717, 1.165) is 12.1 Å². The van der Waals surface area contributed by atoms with Gasteiger partial charge in [-0.2, -0.15) is 0 Å². The number of benzene rings is 2. The number of carbonyl (C=O) groups is 1. The van der Waals surface area contributed by atoms with Crippen molar-refractivity contribution in [2.45, 2.75) is 0 Å². The quantitative estimate of drug-likeness (QED) is 0.585. The SMILES string of the molecule is O=C(O)c1cc(O)c2c(=O)c3ccc(O)cc3oc2c1. The Bertz CT molecular complexity index is 922. The van der Waals surface area contributed by atoms with Crippen LogP contribution in [0.1, 0.15) is 10.4 Å². The molecule has 6 heteroatoms. The summed E-state index contributed by atoms with van der Waals surface area (Å²) in [6.07, 6.45) is 0. The predicted octanol–water partition coefficient (Wildman–Crippen LogP) is 2.06. The maximum absolute atomic E-state index is 12.3. The number of hydrogen-bond donors (Lipinski definition) is 3. The van der Waals surface area contributed by atoms with Crippen LogP contribution in [0.5, 0.6) is 11.5 Å². The van der Waals surface area contributed by atoms with Crippen molar-refractivity contribution < 1.29 is 24.5 Å². The second kappa shape index (κ2) is 3.99. The van der Waals surface area contributed by atoms with Crippen LogP contribution in [0.4, 0.5) is 0 Å². The lowest BCUT2D eigenvalue weighted by Gasteiger charge is -2.05. The van der Waals surface area contributed by atoms with Gasteiger partial charge >= 0.3 is 5.97 Å². The summed E-state index contributed by atoms with van der Waals surface area (Å²) >= 11 is 0. The van der Waals surface area contributed by atoms with Crippen molar-refractivity contribution in [2.24, 2.45) is 0 Å². The lowest BCUT2D eigenvalue weighted by Crippen LogP contribution is -2.04. The van der Waals surface area contributed by atoms with Crippen molar-refractivity contribution in [3.05, 3.63) is 46.1 Å². The van der Waals surface area contributed by atoms with Crippen LogP contribution in [0.15, 0.2) is 39.5 Å². The van der Waals surface area contributed by atoms with Gasteiger partial charge in [0, 0.05) is 6.07 Å². The second-order valence-electron chi connectivity index (χ2n) is 4.29. The maximum Gasteiger partial charge on any atom is 0.335 e. The molecule has 0 atom stereocenters. The third-order valence-electron chi connectivity index (χ3n) is 2.99. The summed E-state index contributed by atoms with van der Waals surface area (Å²) in [6, 6.07) is 6.10. The second-order valence-corrected chi connectivity index (χ2v) is 4.29. The molecule has 0 unspecified atom stereocenters. The number of phenols is 2. The minimum absolute atomic E-state index is 0.0505. The fraction of sp³-hybridized carbons (Fsp3) is 0. The highest BCUT2D eigenvalue weighted by atomic mass is 16.4. The van der Waals surface area contributed by atoms with Gasteiger partial charge in [0.05, 0.1) is 10.9 Å². The lowest BCUT2D eigenvalue weighted by molar-refractivity contribution is 0.0696. The topological polar surface area (TPSA) is 108 Å². The highest BCUT2D eigenvalue weighted by molar-refractivity contribution is 5.98. The van der Waals surface area contributed by atoms with E-state index >= 15 is 0 Å². The first kappa shape index (κ1) is 12.0. The average molecular weight is 272 g/mol. The Labute approximate surface area is 111 Å². The highest BCUT2D eigenvalue weighted by Crippen LogP contribution is 2.28. The monoisotopic (exact) mass is 272 g/mol. The van der Waals surface area contributed by atoms with Gasteiger partial charge in [-0.25, -0.2) is 4.79 Å². The van der Waals surface area contributed by atoms with Crippen molar-refractivity contribution in [3.63, 3.8) is 0 Å². The zero-order valence-corrected chi connectivity index (χ0v) is 9.95. The predicted molar refractivity (Wildman–Crippen MR) is 70.3 cm³/mol. The van der Waals surface area contributed by atoms with Crippen LogP contribution in [0.2, 0.25) is 0 Å². The number of phenolic OH excluding ortho intramolecular Hbond substituents is 2. The molecule has 0 amide bonds. The van der Waals surface area contributed by atoms with Gasteiger partial charge in [-0.3, -0.25) is 4.79 Å². The van der Waals surface area contributed by atoms with Crippen molar-refractivity contribution in [3.8, 4) is 11.5 Å². The first-order chi connectivity index (χ1) is 9.47. The van der Waals surface area contributed by atoms with E-state index in [4.69, 9.17) is 9.52 Å². The van der Waals surface area contributed by atoms with Gasteiger partial charge in [-0.05, 0) is 24.3 Å². The molecule has 0 bridgehead atoms. The van der Waals surface area contributed by atoms with Crippen LogP contribution in [0.3, 0.4) is 0 Å². The molecule has 1 aromatic heterocycles. The van der Waals surface area contributed by atoms with Gasteiger partial charge in [0.15, 0.2) is 0 Å². The Morgan fingerprint density at radius 2 is 1.80 bits per heavy atom. The molecule has 20 heavy (non-hydrogen) atoms. The first-order valence-electron chi connectivity index (χ1n) is 5.63. The molecule has 100 valence electrons. The van der Waals surface area contributed by atoms with Gasteiger partial charge in [-0.1, -0.05) is 0 Å². The normalized spacial score (nSPS) is 11.0. The third-order valence-corrected chi connectivity index (χ3v) is 2.99. The smallest absolute Gasteiger partial charge is 0.335 e. The molecule has 6 nitrogen and oxygen atoms in total. The molecule has 0 saturated heterocycles. The van der Waals surface area contributed by atoms with E-state index in [0.29, 0.717) is 0 Å². The van der Waals surface area contributed by atoms with Crippen molar-refractivity contribution in [2.75, 3.05) is 0 Å². The fourth-order valence-corrected chi connectivity index (χ4v) is 2.07. The Morgan fingerprint density at radius 1 is 1.05 bits per heavy atom. The molecule has 0 aliphatic carbocycles. The molecule has 3 N–H and O–H groups in total. The average Bonchev–Trinajstić information content (AvgIpc) is 2.37. The van der Waals surface area contributed by atoms with Crippen LogP contribution in [0, 0.1) is 0 Å². The molecule has 1 heterocycles. The number of aromatic carboxylic acids is 1. The largest absolute Gasteiger partial charge is 0.508 e. The zero-order chi connectivity index (χ0) is 14.4. The van der Waals surface area contributed by atoms with E-state index < -0.39 is 17.1 Å². The fourth-order valence-electron chi connectivity index (χ4n) is 2.07. The summed E-state index contributed by atoms with van der Waals surface area (Å²) in [6.45, 7) is 0. The molecule has 0 spiro atoms. The van der Waals surface area contributed by atoms with E-state index in [1.165, 1.54) is 18.2 Å². The Hall–Kier alpha value is -3.02. The number of hydrogen-bond acceptors (Lipinski definition) is 5. The molecule has 3 rings (SSSR count). The van der Waals surface area contributed by atoms with Crippen LogP contribution >= 0.6 is 0 Å². The van der Waals surface area contributed by atoms with Crippen LogP contribution in [-0.2, 0) is 0 Å². The lowest BCUT2D eigenvalue weighted by atomic mass is 10.1. The molecule has 2 aromatic carbocycles. The third kappa shape index (κ3) is 1.66. The molecule has 0 radical (unpaired) electrons. The Kier molecular flexibility index (Phi) is 2.40. The Morgan fingerprint density at radius 3 is 2.50 bits per heavy atom. The number of fused-ring (bicyclic) bond motifs is 2. The minimum atomic E-state index is -1.25. The summed E-state index contributed by atoms with van der Waals surface area (Å²) in [7, 11) is 0. The first-order valence-corrected chi connectivity index (χ1v) is 5.63. The summed E-state index contributed by atoms with van der Waals surface area (Å²) in [4.78, 5) is 23.2. The van der Waals surface area contributed by atoms with Crippen LogP contribution in [-0.4, -0.2) is 21.3 Å². The number of carboxylic acids is 1. The van der Waals surface area contributed by atoms with Crippen LogP contribution in [0.25, 0.3) is 21.9 Å². The maximum atomic E-state index is 12.3. The van der Waals surface area contributed by atoms with Crippen molar-refractivity contribution in [1.29, 1.82) is 0 Å². The van der Waals surface area contributed by atoms with E-state index in [1.807, 2.05) is 0 Å². The van der Waals surface area contributed by atoms with Crippen molar-refractivity contribution in [1.82, 2.24) is 0 Å². The molecule has 0 saturated carbocycles. The van der Waals surface area contributed by atoms with E-state index in [2.05, 4.69) is 0 Å². The van der Waals surface area contributed by atoms with Gasteiger partial charge < -0.3 is 19.7 Å². The summed E-state index contributed by atoms with van der Waals surface area (Å²) in [5, 5.41) is 28.2. The van der Waals surface area contributed by atoms with Gasteiger partial charge in [-0.15, -0.1) is 0 Å². The molecular weight excluding hydrogens is 264 g/mol. The van der Waals surface area contributed by atoms with Crippen LogP contribution < -0.4 is 5.43 Å². The van der Waals surface area contributed by atoms with E-state index in [-0.39, 0.29) is 33.3 Å². The summed E-state index contributed by atoms with van der Waals surface area (Å²) in [5.41, 5.74) is -0.622. The molecule has 0 aliphatic rings. The summed E-state index contributed by atoms with van der Waals surface area (Å²) < 4.78 is 5.40. The van der Waals surface area contributed by atoms with Gasteiger partial charge in [0.25, 0.3) is 0 Å². The molecule has 0 aliphatic heterocycles. The van der Waals surface area contributed by atoms with E-state index in [1.54, 1.807) is 0 Å². The molecule has 0 fully saturated rings. The van der Waals surface area contributed by atoms with Gasteiger partial charge in [0.2, 0.25) is 5.43 Å².